The van der Waals surface area contributed by atoms with Crippen molar-refractivity contribution in [1.82, 2.24) is 4.90 Å². The second kappa shape index (κ2) is 7.82. The van der Waals surface area contributed by atoms with Gasteiger partial charge in [-0.15, -0.1) is 0 Å². The van der Waals surface area contributed by atoms with Crippen LogP contribution in [0.5, 0.6) is 11.5 Å². The monoisotopic (exact) mass is 429 g/mol. The first-order valence-electron chi connectivity index (χ1n) is 9.81. The Bertz CT molecular complexity index is 961. The van der Waals surface area contributed by atoms with Gasteiger partial charge in [0.1, 0.15) is 17.3 Å². The fraction of sp³-hybridized carbons (Fsp3) is 0.318. The lowest BCUT2D eigenvalue weighted by atomic mass is 9.79. The van der Waals surface area contributed by atoms with Gasteiger partial charge in [-0.05, 0) is 38.1 Å². The van der Waals surface area contributed by atoms with E-state index in [1.54, 1.807) is 67.3 Å². The highest BCUT2D eigenvalue weighted by molar-refractivity contribution is 7.49. The number of carbonyl (C=O) groups excluding carboxylic acids is 1. The number of phosphoric ester groups is 1. The summed E-state index contributed by atoms with van der Waals surface area (Å²) >= 11 is 0. The molecule has 2 heterocycles. The van der Waals surface area contributed by atoms with Crippen molar-refractivity contribution < 1.29 is 28.0 Å². The maximum absolute atomic E-state index is 13.7. The molecule has 4 atom stereocenters. The second-order valence-electron chi connectivity index (χ2n) is 7.55. The van der Waals surface area contributed by atoms with Crippen LogP contribution >= 0.6 is 7.82 Å². The molecule has 1 amide bonds. The van der Waals surface area contributed by atoms with Crippen LogP contribution in [0.2, 0.25) is 0 Å². The van der Waals surface area contributed by atoms with Crippen LogP contribution < -0.4 is 9.05 Å². The number of benzene rings is 2. The molecule has 0 bridgehead atoms. The number of phosphoric acid groups is 1. The third kappa shape index (κ3) is 3.59. The molecule has 30 heavy (non-hydrogen) atoms. The summed E-state index contributed by atoms with van der Waals surface area (Å²) in [4.78, 5) is 14.1. The molecule has 2 unspecified atom stereocenters. The molecule has 0 radical (unpaired) electrons. The zero-order valence-corrected chi connectivity index (χ0v) is 17.9. The fourth-order valence-corrected chi connectivity index (χ4v) is 5.51. The number of nitrogens with zero attached hydrogens (tertiary/aromatic N) is 1. The number of rotatable bonds is 7. The number of fused-ring (bicyclic) bond motifs is 1. The average molecular weight is 429 g/mol. The van der Waals surface area contributed by atoms with Crippen LogP contribution in [0.3, 0.4) is 0 Å². The Kier molecular flexibility index (Phi) is 5.35. The van der Waals surface area contributed by atoms with E-state index in [1.807, 2.05) is 19.1 Å². The Morgan fingerprint density at radius 1 is 0.967 bits per heavy atom. The van der Waals surface area contributed by atoms with Crippen LogP contribution in [0.25, 0.3) is 0 Å². The maximum Gasteiger partial charge on any atom is 0.646 e. The molecule has 7 nitrogen and oxygen atoms in total. The molecule has 2 aromatic rings. The number of aliphatic hydroxyl groups is 1. The summed E-state index contributed by atoms with van der Waals surface area (Å²) in [7, 11) is -4.13. The van der Waals surface area contributed by atoms with E-state index in [1.165, 1.54) is 0 Å². The van der Waals surface area contributed by atoms with E-state index in [4.69, 9.17) is 13.6 Å². The standard InChI is InChI=1S/C22H24NO6P/c1-14-20-19(16(3)24)22(25)23(20)15(2)21(14)29-30(26,27-17-10-6-4-7-11-17)28-18-12-8-5-9-13-18/h4-14,16,19-20,24H,1-3H3/t14?,16-,19-,20?/m1/s1. The van der Waals surface area contributed by atoms with Crippen molar-refractivity contribution in [3.63, 3.8) is 0 Å². The van der Waals surface area contributed by atoms with Crippen molar-refractivity contribution in [3.05, 3.63) is 72.1 Å². The number of allylic oxidation sites excluding steroid dienone is 1. The quantitative estimate of drug-likeness (QED) is 0.520. The molecule has 1 saturated heterocycles. The summed E-state index contributed by atoms with van der Waals surface area (Å²) in [5.41, 5.74) is 0.558. The highest BCUT2D eigenvalue weighted by atomic mass is 31.2. The minimum atomic E-state index is -4.13. The molecule has 2 aliphatic rings. The molecule has 0 aromatic heterocycles. The van der Waals surface area contributed by atoms with E-state index < -0.39 is 19.8 Å². The molecule has 4 rings (SSSR count). The summed E-state index contributed by atoms with van der Waals surface area (Å²) in [6, 6.07) is 17.0. The van der Waals surface area contributed by atoms with E-state index in [2.05, 4.69) is 0 Å². The van der Waals surface area contributed by atoms with Gasteiger partial charge in [0.15, 0.2) is 0 Å². The Hall–Kier alpha value is -2.76. The lowest BCUT2D eigenvalue weighted by Gasteiger charge is -2.46. The minimum absolute atomic E-state index is 0.166. The van der Waals surface area contributed by atoms with Crippen molar-refractivity contribution in [3.8, 4) is 11.5 Å². The van der Waals surface area contributed by atoms with Crippen LogP contribution in [-0.2, 0) is 13.9 Å². The van der Waals surface area contributed by atoms with Gasteiger partial charge in [-0.25, -0.2) is 0 Å². The molecule has 8 heteroatoms. The van der Waals surface area contributed by atoms with Crippen LogP contribution in [0.4, 0.5) is 0 Å². The molecule has 0 spiro atoms. The third-order valence-electron chi connectivity index (χ3n) is 5.48. The number of β-lactam (4-membered cyclic amide) rings is 1. The van der Waals surface area contributed by atoms with Gasteiger partial charge in [-0.1, -0.05) is 43.3 Å². The summed E-state index contributed by atoms with van der Waals surface area (Å²) in [6.07, 6.45) is -0.777. The van der Waals surface area contributed by atoms with Crippen LogP contribution in [-0.4, -0.2) is 28.1 Å². The van der Waals surface area contributed by atoms with Crippen LogP contribution in [0, 0.1) is 11.8 Å². The average Bonchev–Trinajstić information content (AvgIpc) is 2.90. The molecule has 0 saturated carbocycles. The fourth-order valence-electron chi connectivity index (χ4n) is 4.10. The van der Waals surface area contributed by atoms with E-state index >= 15 is 0 Å². The second-order valence-corrected chi connectivity index (χ2v) is 8.99. The zero-order chi connectivity index (χ0) is 21.5. The SMILES string of the molecule is CC1=C(OP(=O)(Oc2ccccc2)Oc2ccccc2)C(C)C2[C@@H]([C@@H](C)O)C(=O)N12. The highest BCUT2D eigenvalue weighted by Gasteiger charge is 2.59. The summed E-state index contributed by atoms with van der Waals surface area (Å²) < 4.78 is 30.9. The van der Waals surface area contributed by atoms with Crippen molar-refractivity contribution in [2.45, 2.75) is 32.9 Å². The topological polar surface area (TPSA) is 85.3 Å². The largest absolute Gasteiger partial charge is 0.646 e. The molecular weight excluding hydrogens is 405 g/mol. The number of para-hydroxylation sites is 2. The molecule has 1 fully saturated rings. The van der Waals surface area contributed by atoms with Gasteiger partial charge in [0, 0.05) is 5.92 Å². The molecule has 2 aliphatic heterocycles. The zero-order valence-electron chi connectivity index (χ0n) is 17.0. The van der Waals surface area contributed by atoms with Gasteiger partial charge in [0.25, 0.3) is 0 Å². The van der Waals surface area contributed by atoms with Crippen molar-refractivity contribution in [1.29, 1.82) is 0 Å². The number of hydrogen-bond acceptors (Lipinski definition) is 6. The van der Waals surface area contributed by atoms with Crippen molar-refractivity contribution >= 4 is 13.7 Å². The normalized spacial score (nSPS) is 24.2. The first-order valence-corrected chi connectivity index (χ1v) is 11.3. The van der Waals surface area contributed by atoms with Crippen LogP contribution in [0.1, 0.15) is 20.8 Å². The van der Waals surface area contributed by atoms with Gasteiger partial charge in [0.05, 0.1) is 23.8 Å². The Morgan fingerprint density at radius 2 is 1.47 bits per heavy atom. The molecular formula is C22H24NO6P. The first kappa shape index (κ1) is 20.5. The number of amides is 1. The first-order chi connectivity index (χ1) is 14.3. The molecule has 0 aliphatic carbocycles. The van der Waals surface area contributed by atoms with Gasteiger partial charge >= 0.3 is 7.82 Å². The van der Waals surface area contributed by atoms with Crippen LogP contribution in [0.15, 0.2) is 72.1 Å². The lowest BCUT2D eigenvalue weighted by molar-refractivity contribution is -0.159. The van der Waals surface area contributed by atoms with E-state index in [-0.39, 0.29) is 17.9 Å². The van der Waals surface area contributed by atoms with Crippen molar-refractivity contribution in [2.24, 2.45) is 11.8 Å². The van der Waals surface area contributed by atoms with Gasteiger partial charge < -0.3 is 23.6 Å². The van der Waals surface area contributed by atoms with E-state index in [9.17, 15) is 14.5 Å². The third-order valence-corrected chi connectivity index (χ3v) is 6.77. The predicted octanol–water partition coefficient (Wildman–Crippen LogP) is 4.36. The molecule has 158 valence electrons. The van der Waals surface area contributed by atoms with Gasteiger partial charge in [-0.2, -0.15) is 4.57 Å². The molecule has 1 N–H and O–H groups in total. The maximum atomic E-state index is 13.7. The summed E-state index contributed by atoms with van der Waals surface area (Å²) in [5, 5.41) is 9.99. The Morgan fingerprint density at radius 3 is 1.93 bits per heavy atom. The summed E-state index contributed by atoms with van der Waals surface area (Å²) in [5.74, 6) is 0.0890. The Labute approximate surface area is 175 Å². The number of aliphatic hydroxyl groups excluding tert-OH is 1. The highest BCUT2D eigenvalue weighted by Crippen LogP contribution is 2.56. The minimum Gasteiger partial charge on any atom is -0.393 e. The predicted molar refractivity (Wildman–Crippen MR) is 111 cm³/mol. The Balaban J connectivity index is 1.64. The van der Waals surface area contributed by atoms with E-state index in [0.717, 1.165) is 0 Å². The van der Waals surface area contributed by atoms with E-state index in [0.29, 0.717) is 23.0 Å². The smallest absolute Gasteiger partial charge is 0.393 e. The van der Waals surface area contributed by atoms with Crippen molar-refractivity contribution in [2.75, 3.05) is 0 Å². The number of hydrogen-bond donors (Lipinski definition) is 1. The van der Waals surface area contributed by atoms with Gasteiger partial charge in [0.2, 0.25) is 5.91 Å². The lowest BCUT2D eigenvalue weighted by Crippen LogP contribution is -2.62. The number of carbonyl (C=O) groups is 1. The summed E-state index contributed by atoms with van der Waals surface area (Å²) in [6.45, 7) is 5.21. The van der Waals surface area contributed by atoms with Gasteiger partial charge in [-0.3, -0.25) is 4.79 Å². The molecule has 2 aromatic carbocycles.